The molecule has 0 spiro atoms. The van der Waals surface area contributed by atoms with Gasteiger partial charge in [-0.25, -0.2) is 8.42 Å². The third-order valence-electron chi connectivity index (χ3n) is 4.78. The maximum Gasteiger partial charge on any atom is 0.102 e. The first-order valence-corrected chi connectivity index (χ1v) is 11.9. The topological polar surface area (TPSA) is 75.7 Å². The average Bonchev–Trinajstić information content (AvgIpc) is 2.57. The number of nitrogens with zero attached hydrogens (tertiary/aromatic N) is 1. The minimum atomic E-state index is -4.14. The van der Waals surface area contributed by atoms with Crippen molar-refractivity contribution in [3.8, 4) is 0 Å². The number of unbranched alkanes of at least 4 members (excludes halogenated alkanes) is 4. The lowest BCUT2D eigenvalue weighted by atomic mass is 10.1. The van der Waals surface area contributed by atoms with Crippen LogP contribution in [0.2, 0.25) is 0 Å². The molecule has 0 aliphatic heterocycles. The van der Waals surface area contributed by atoms with Gasteiger partial charge in [-0.1, -0.05) is 26.7 Å². The molecule has 26 heavy (non-hydrogen) atoms. The summed E-state index contributed by atoms with van der Waals surface area (Å²) in [6, 6.07) is 0. The van der Waals surface area contributed by atoms with Gasteiger partial charge in [0.2, 0.25) is 0 Å². The van der Waals surface area contributed by atoms with Crippen LogP contribution in [-0.2, 0) is 19.6 Å². The van der Waals surface area contributed by atoms with Crippen LogP contribution in [0.3, 0.4) is 0 Å². The quantitative estimate of drug-likeness (QED) is 0.191. The first kappa shape index (κ1) is 25.8. The lowest BCUT2D eigenvalue weighted by molar-refractivity contribution is -0.929. The molecule has 6 nitrogen and oxygen atoms in total. The molecule has 0 bridgehead atoms. The van der Waals surface area contributed by atoms with E-state index in [9.17, 15) is 13.0 Å². The van der Waals surface area contributed by atoms with Gasteiger partial charge < -0.3 is 18.5 Å². The number of hydrogen-bond donors (Lipinski definition) is 0. The largest absolute Gasteiger partial charge is 0.748 e. The third-order valence-corrected chi connectivity index (χ3v) is 5.57. The van der Waals surface area contributed by atoms with Crippen LogP contribution in [0.15, 0.2) is 0 Å². The highest BCUT2D eigenvalue weighted by Crippen LogP contribution is 2.15. The summed E-state index contributed by atoms with van der Waals surface area (Å²) in [6.07, 6.45) is 7.38. The Kier molecular flexibility index (Phi) is 15.7. The van der Waals surface area contributed by atoms with Gasteiger partial charge in [0.15, 0.2) is 0 Å². The number of ether oxygens (including phenoxy) is 2. The molecular weight excluding hydrogens is 354 g/mol. The van der Waals surface area contributed by atoms with Gasteiger partial charge >= 0.3 is 0 Å². The number of quaternary nitrogens is 1. The molecule has 0 aromatic carbocycles. The number of hydrogen-bond acceptors (Lipinski definition) is 5. The molecule has 0 rings (SSSR count). The van der Waals surface area contributed by atoms with Crippen LogP contribution in [0.25, 0.3) is 0 Å². The van der Waals surface area contributed by atoms with Crippen molar-refractivity contribution in [2.75, 3.05) is 58.4 Å². The summed E-state index contributed by atoms with van der Waals surface area (Å²) in [4.78, 5) is 0. The predicted octanol–water partition coefficient (Wildman–Crippen LogP) is 3.17. The first-order valence-electron chi connectivity index (χ1n) is 10.3. The second-order valence-corrected chi connectivity index (χ2v) is 8.60. The van der Waals surface area contributed by atoms with E-state index in [0.29, 0.717) is 32.8 Å². The molecular formula is C19H41NO5S. The van der Waals surface area contributed by atoms with Crippen molar-refractivity contribution in [2.24, 2.45) is 0 Å². The normalized spacial score (nSPS) is 12.6. The van der Waals surface area contributed by atoms with Crippen molar-refractivity contribution >= 4 is 10.1 Å². The second kappa shape index (κ2) is 15.8. The molecule has 0 N–H and O–H groups in total. The Morgan fingerprint density at radius 2 is 1.27 bits per heavy atom. The van der Waals surface area contributed by atoms with Crippen LogP contribution in [-0.4, -0.2) is 75.8 Å². The van der Waals surface area contributed by atoms with Crippen molar-refractivity contribution in [2.45, 2.75) is 65.7 Å². The first-order chi connectivity index (χ1) is 12.4. The molecule has 0 unspecified atom stereocenters. The monoisotopic (exact) mass is 395 g/mol. The molecule has 7 heteroatoms. The van der Waals surface area contributed by atoms with E-state index < -0.39 is 10.1 Å². The Balaban J connectivity index is 4.73. The summed E-state index contributed by atoms with van der Waals surface area (Å²) in [5, 5.41) is 0. The van der Waals surface area contributed by atoms with E-state index >= 15 is 0 Å². The maximum absolute atomic E-state index is 11.0. The van der Waals surface area contributed by atoms with Gasteiger partial charge in [0.1, 0.15) is 6.54 Å². The van der Waals surface area contributed by atoms with Gasteiger partial charge in [-0.05, 0) is 32.6 Å². The molecule has 0 aromatic heterocycles. The Bertz CT molecular complexity index is 404. The molecule has 0 aromatic rings. The Morgan fingerprint density at radius 1 is 0.731 bits per heavy atom. The molecule has 158 valence electrons. The fraction of sp³-hybridized carbons (Fsp3) is 1.00. The van der Waals surface area contributed by atoms with Crippen molar-refractivity contribution in [3.05, 3.63) is 0 Å². The second-order valence-electron chi connectivity index (χ2n) is 7.07. The van der Waals surface area contributed by atoms with E-state index in [1.807, 2.05) is 6.92 Å². The van der Waals surface area contributed by atoms with Gasteiger partial charge in [0.05, 0.1) is 49.6 Å². The molecule has 0 aliphatic carbocycles. The fourth-order valence-electron chi connectivity index (χ4n) is 3.26. The van der Waals surface area contributed by atoms with E-state index in [2.05, 4.69) is 13.8 Å². The molecule has 0 fully saturated rings. The van der Waals surface area contributed by atoms with Crippen LogP contribution < -0.4 is 0 Å². The zero-order valence-electron chi connectivity index (χ0n) is 17.2. The van der Waals surface area contributed by atoms with Crippen LogP contribution in [0.4, 0.5) is 0 Å². The number of rotatable bonds is 19. The molecule has 0 saturated heterocycles. The van der Waals surface area contributed by atoms with E-state index in [4.69, 9.17) is 9.47 Å². The van der Waals surface area contributed by atoms with Gasteiger partial charge in [0, 0.05) is 18.8 Å². The van der Waals surface area contributed by atoms with Gasteiger partial charge in [0.25, 0.3) is 0 Å². The standard InChI is InChI=1S/C19H41NO5S/c1-4-7-9-12-20(13-10-8-5-2,14-11-19-26(21,22)23)15-16-25-18-17-24-6-3/h4-19H2,1-3H3. The smallest absolute Gasteiger partial charge is 0.102 e. The summed E-state index contributed by atoms with van der Waals surface area (Å²) in [7, 11) is -4.14. The zero-order valence-corrected chi connectivity index (χ0v) is 18.0. The minimum absolute atomic E-state index is 0.264. The lowest BCUT2D eigenvalue weighted by Crippen LogP contribution is -2.52. The minimum Gasteiger partial charge on any atom is -0.748 e. The van der Waals surface area contributed by atoms with Crippen molar-refractivity contribution in [3.63, 3.8) is 0 Å². The van der Waals surface area contributed by atoms with Gasteiger partial charge in [-0.3, -0.25) is 0 Å². The van der Waals surface area contributed by atoms with Gasteiger partial charge in [-0.15, -0.1) is 0 Å². The van der Waals surface area contributed by atoms with Crippen LogP contribution in [0.5, 0.6) is 0 Å². The molecule has 0 radical (unpaired) electrons. The Morgan fingerprint density at radius 3 is 1.77 bits per heavy atom. The summed E-state index contributed by atoms with van der Waals surface area (Å²) < 4.78 is 44.9. The summed E-state index contributed by atoms with van der Waals surface area (Å²) in [6.45, 7) is 12.6. The van der Waals surface area contributed by atoms with E-state index in [1.54, 1.807) is 0 Å². The SMILES string of the molecule is CCCCC[N+](CCCCC)(CCCS(=O)(=O)[O-])CCOCCOCC. The van der Waals surface area contributed by atoms with E-state index in [0.717, 1.165) is 56.3 Å². The van der Waals surface area contributed by atoms with Gasteiger partial charge in [-0.2, -0.15) is 0 Å². The van der Waals surface area contributed by atoms with Crippen molar-refractivity contribution in [1.29, 1.82) is 0 Å². The highest BCUT2D eigenvalue weighted by molar-refractivity contribution is 7.85. The molecule has 0 aliphatic rings. The van der Waals surface area contributed by atoms with Crippen LogP contribution in [0, 0.1) is 0 Å². The summed E-state index contributed by atoms with van der Waals surface area (Å²) in [5.74, 6) is -0.264. The van der Waals surface area contributed by atoms with Crippen molar-refractivity contribution < 1.29 is 26.9 Å². The maximum atomic E-state index is 11.0. The highest BCUT2D eigenvalue weighted by atomic mass is 32.2. The Labute approximate surface area is 161 Å². The Hall–Kier alpha value is -0.210. The third kappa shape index (κ3) is 14.9. The molecule has 0 amide bonds. The lowest BCUT2D eigenvalue weighted by Gasteiger charge is -2.39. The van der Waals surface area contributed by atoms with Crippen LogP contribution in [0.1, 0.15) is 65.7 Å². The van der Waals surface area contributed by atoms with Crippen LogP contribution >= 0.6 is 0 Å². The summed E-state index contributed by atoms with van der Waals surface area (Å²) in [5.41, 5.74) is 0. The highest BCUT2D eigenvalue weighted by Gasteiger charge is 2.26. The van der Waals surface area contributed by atoms with E-state index in [1.165, 1.54) is 12.8 Å². The van der Waals surface area contributed by atoms with E-state index in [-0.39, 0.29) is 5.75 Å². The average molecular weight is 396 g/mol. The molecule has 0 heterocycles. The molecule has 0 atom stereocenters. The summed E-state index contributed by atoms with van der Waals surface area (Å²) >= 11 is 0. The van der Waals surface area contributed by atoms with Crippen molar-refractivity contribution in [1.82, 2.24) is 0 Å². The predicted molar refractivity (Wildman–Crippen MR) is 105 cm³/mol. The zero-order chi connectivity index (χ0) is 19.7. The fourth-order valence-corrected chi connectivity index (χ4v) is 3.75. The molecule has 0 saturated carbocycles.